The van der Waals surface area contributed by atoms with Crippen LogP contribution in [0.15, 0.2) is 0 Å². The molecule has 1 saturated heterocycles. The van der Waals surface area contributed by atoms with Crippen LogP contribution in [0.1, 0.15) is 26.7 Å². The van der Waals surface area contributed by atoms with E-state index in [-0.39, 0.29) is 6.09 Å². The van der Waals surface area contributed by atoms with Gasteiger partial charge in [-0.05, 0) is 25.3 Å². The number of amides is 1. The molecular formula is C10H20N2O2. The summed E-state index contributed by atoms with van der Waals surface area (Å²) in [6, 6.07) is 0.432. The molecule has 14 heavy (non-hydrogen) atoms. The van der Waals surface area contributed by atoms with Crippen LogP contribution in [0.2, 0.25) is 0 Å². The number of nitrogens with one attached hydrogen (secondary N) is 2. The van der Waals surface area contributed by atoms with Crippen molar-refractivity contribution in [2.45, 2.75) is 32.7 Å². The molecule has 1 rings (SSSR count). The molecule has 0 aromatic carbocycles. The zero-order valence-electron chi connectivity index (χ0n) is 9.01. The largest absolute Gasteiger partial charge is 0.449 e. The molecule has 4 nitrogen and oxygen atoms in total. The first-order chi connectivity index (χ1) is 6.68. The van der Waals surface area contributed by atoms with Crippen molar-refractivity contribution in [1.82, 2.24) is 10.6 Å². The third kappa shape index (κ3) is 4.46. The normalized spacial score (nSPS) is 21.2. The van der Waals surface area contributed by atoms with Crippen molar-refractivity contribution in [3.8, 4) is 0 Å². The Labute approximate surface area is 85.4 Å². The summed E-state index contributed by atoms with van der Waals surface area (Å²) >= 11 is 0. The van der Waals surface area contributed by atoms with Gasteiger partial charge in [-0.2, -0.15) is 0 Å². The average molecular weight is 200 g/mol. The van der Waals surface area contributed by atoms with Crippen molar-refractivity contribution in [3.63, 3.8) is 0 Å². The predicted molar refractivity (Wildman–Crippen MR) is 55.2 cm³/mol. The minimum Gasteiger partial charge on any atom is -0.449 e. The van der Waals surface area contributed by atoms with E-state index < -0.39 is 0 Å². The standard InChI is InChI=1S/C10H20N2O2/c1-8(2)7-14-10(13)12-6-9-4-3-5-11-9/h8-9,11H,3-7H2,1-2H3,(H,12,13). The number of carbonyl (C=O) groups excluding carboxylic acids is 1. The van der Waals surface area contributed by atoms with Gasteiger partial charge in [0.15, 0.2) is 0 Å². The SMILES string of the molecule is CC(C)COC(=O)NCC1CCCN1. The smallest absolute Gasteiger partial charge is 0.407 e. The zero-order chi connectivity index (χ0) is 10.4. The topological polar surface area (TPSA) is 50.4 Å². The van der Waals surface area contributed by atoms with Gasteiger partial charge in [0.05, 0.1) is 6.61 Å². The van der Waals surface area contributed by atoms with Crippen LogP contribution in [0.4, 0.5) is 4.79 Å². The second kappa shape index (κ2) is 5.86. The lowest BCUT2D eigenvalue weighted by Gasteiger charge is -2.12. The molecule has 0 aromatic heterocycles. The van der Waals surface area contributed by atoms with E-state index in [0.717, 1.165) is 13.0 Å². The molecule has 82 valence electrons. The second-order valence-corrected chi connectivity index (χ2v) is 4.17. The molecule has 2 N–H and O–H groups in total. The third-order valence-corrected chi connectivity index (χ3v) is 2.20. The first-order valence-corrected chi connectivity index (χ1v) is 5.32. The number of carbonyl (C=O) groups is 1. The molecular weight excluding hydrogens is 180 g/mol. The van der Waals surface area contributed by atoms with Crippen molar-refractivity contribution in [2.75, 3.05) is 19.7 Å². The van der Waals surface area contributed by atoms with Crippen LogP contribution in [0.5, 0.6) is 0 Å². The van der Waals surface area contributed by atoms with Gasteiger partial charge < -0.3 is 15.4 Å². The highest BCUT2D eigenvalue weighted by Crippen LogP contribution is 2.03. The van der Waals surface area contributed by atoms with Gasteiger partial charge in [0.1, 0.15) is 0 Å². The van der Waals surface area contributed by atoms with Crippen LogP contribution in [0, 0.1) is 5.92 Å². The van der Waals surface area contributed by atoms with E-state index in [0.29, 0.717) is 25.1 Å². The Morgan fingerprint density at radius 3 is 3.00 bits per heavy atom. The molecule has 0 aliphatic carbocycles. The number of rotatable bonds is 4. The van der Waals surface area contributed by atoms with E-state index in [2.05, 4.69) is 10.6 Å². The molecule has 4 heteroatoms. The maximum absolute atomic E-state index is 11.1. The summed E-state index contributed by atoms with van der Waals surface area (Å²) in [5.41, 5.74) is 0. The van der Waals surface area contributed by atoms with Gasteiger partial charge in [0, 0.05) is 12.6 Å². The van der Waals surface area contributed by atoms with Crippen LogP contribution in [0.25, 0.3) is 0 Å². The Balaban J connectivity index is 2.02. The quantitative estimate of drug-likeness (QED) is 0.715. The first-order valence-electron chi connectivity index (χ1n) is 5.32. The summed E-state index contributed by atoms with van der Waals surface area (Å²) in [7, 11) is 0. The predicted octanol–water partition coefficient (Wildman–Crippen LogP) is 1.12. The summed E-state index contributed by atoms with van der Waals surface area (Å²) in [4.78, 5) is 11.1. The van der Waals surface area contributed by atoms with E-state index in [1.165, 1.54) is 6.42 Å². The minimum atomic E-state index is -0.299. The molecule has 0 bridgehead atoms. The fraction of sp³-hybridized carbons (Fsp3) is 0.900. The Hall–Kier alpha value is -0.770. The molecule has 1 aliphatic heterocycles. The Morgan fingerprint density at radius 2 is 2.43 bits per heavy atom. The highest BCUT2D eigenvalue weighted by molar-refractivity contribution is 5.67. The Kier molecular flexibility index (Phi) is 4.73. The van der Waals surface area contributed by atoms with Crippen LogP contribution in [0.3, 0.4) is 0 Å². The van der Waals surface area contributed by atoms with Crippen LogP contribution in [-0.2, 0) is 4.74 Å². The first kappa shape index (κ1) is 11.3. The highest BCUT2D eigenvalue weighted by Gasteiger charge is 2.14. The minimum absolute atomic E-state index is 0.299. The molecule has 1 amide bonds. The molecule has 1 heterocycles. The van der Waals surface area contributed by atoms with E-state index >= 15 is 0 Å². The van der Waals surface area contributed by atoms with Crippen LogP contribution in [-0.4, -0.2) is 31.8 Å². The maximum Gasteiger partial charge on any atom is 0.407 e. The lowest BCUT2D eigenvalue weighted by atomic mass is 10.2. The maximum atomic E-state index is 11.1. The van der Waals surface area contributed by atoms with Crippen molar-refractivity contribution < 1.29 is 9.53 Å². The Bertz CT molecular complexity index is 177. The van der Waals surface area contributed by atoms with Crippen molar-refractivity contribution in [3.05, 3.63) is 0 Å². The summed E-state index contributed by atoms with van der Waals surface area (Å²) in [5, 5.41) is 6.06. The molecule has 0 spiro atoms. The van der Waals surface area contributed by atoms with Crippen LogP contribution < -0.4 is 10.6 Å². The molecule has 0 aromatic rings. The fourth-order valence-corrected chi connectivity index (χ4v) is 1.43. The van der Waals surface area contributed by atoms with Crippen LogP contribution >= 0.6 is 0 Å². The molecule has 0 radical (unpaired) electrons. The van der Waals surface area contributed by atoms with Gasteiger partial charge in [0.2, 0.25) is 0 Å². The van der Waals surface area contributed by atoms with Gasteiger partial charge in [0.25, 0.3) is 0 Å². The molecule has 0 saturated carbocycles. The average Bonchev–Trinajstić information content (AvgIpc) is 2.63. The van der Waals surface area contributed by atoms with Gasteiger partial charge in [-0.25, -0.2) is 4.79 Å². The third-order valence-electron chi connectivity index (χ3n) is 2.20. The molecule has 1 unspecified atom stereocenters. The van der Waals surface area contributed by atoms with Gasteiger partial charge in [-0.1, -0.05) is 13.8 Å². The Morgan fingerprint density at radius 1 is 1.64 bits per heavy atom. The molecule has 1 atom stereocenters. The van der Waals surface area contributed by atoms with E-state index in [1.807, 2.05) is 13.8 Å². The number of hydrogen-bond acceptors (Lipinski definition) is 3. The van der Waals surface area contributed by atoms with Crippen molar-refractivity contribution in [1.29, 1.82) is 0 Å². The van der Waals surface area contributed by atoms with Gasteiger partial charge in [-0.3, -0.25) is 0 Å². The van der Waals surface area contributed by atoms with E-state index in [9.17, 15) is 4.79 Å². The monoisotopic (exact) mass is 200 g/mol. The van der Waals surface area contributed by atoms with E-state index in [4.69, 9.17) is 4.74 Å². The summed E-state index contributed by atoms with van der Waals surface area (Å²) in [6.07, 6.45) is 2.05. The lowest BCUT2D eigenvalue weighted by Crippen LogP contribution is -2.37. The van der Waals surface area contributed by atoms with Gasteiger partial charge in [-0.15, -0.1) is 0 Å². The lowest BCUT2D eigenvalue weighted by molar-refractivity contribution is 0.132. The molecule has 1 aliphatic rings. The number of hydrogen-bond donors (Lipinski definition) is 2. The summed E-state index contributed by atoms with van der Waals surface area (Å²) in [5.74, 6) is 0.394. The summed E-state index contributed by atoms with van der Waals surface area (Å²) < 4.78 is 4.99. The number of alkyl carbamates (subject to hydrolysis) is 1. The van der Waals surface area contributed by atoms with Crippen molar-refractivity contribution in [2.24, 2.45) is 5.92 Å². The second-order valence-electron chi connectivity index (χ2n) is 4.17. The highest BCUT2D eigenvalue weighted by atomic mass is 16.5. The molecule has 1 fully saturated rings. The van der Waals surface area contributed by atoms with E-state index in [1.54, 1.807) is 0 Å². The number of ether oxygens (including phenoxy) is 1. The van der Waals surface area contributed by atoms with Gasteiger partial charge >= 0.3 is 6.09 Å². The van der Waals surface area contributed by atoms with Crippen molar-refractivity contribution >= 4 is 6.09 Å². The summed E-state index contributed by atoms with van der Waals surface area (Å²) in [6.45, 7) is 6.27. The fourth-order valence-electron chi connectivity index (χ4n) is 1.43. The zero-order valence-corrected chi connectivity index (χ0v) is 9.01.